The fourth-order valence-electron chi connectivity index (χ4n) is 2.77. The summed E-state index contributed by atoms with van der Waals surface area (Å²) in [6.07, 6.45) is -0.596. The monoisotopic (exact) mass is 377 g/mol. The first kappa shape index (κ1) is 19.1. The van der Waals surface area contributed by atoms with Gasteiger partial charge in [0.2, 0.25) is 0 Å². The van der Waals surface area contributed by atoms with E-state index in [1.165, 1.54) is 0 Å². The van der Waals surface area contributed by atoms with Gasteiger partial charge >= 0.3 is 0 Å². The zero-order chi connectivity index (χ0) is 19.2. The highest BCUT2D eigenvalue weighted by atomic mass is 32.2. The third kappa shape index (κ3) is 5.38. The molecular formula is C23H23NO2S. The van der Waals surface area contributed by atoms with Crippen LogP contribution in [0, 0.1) is 13.8 Å². The maximum absolute atomic E-state index is 12.6. The van der Waals surface area contributed by atoms with Gasteiger partial charge in [0.05, 0.1) is 5.69 Å². The largest absolute Gasteiger partial charge is 0.481 e. The van der Waals surface area contributed by atoms with E-state index in [9.17, 15) is 4.79 Å². The van der Waals surface area contributed by atoms with Crippen molar-refractivity contribution < 1.29 is 9.53 Å². The average Bonchev–Trinajstić information content (AvgIpc) is 2.63. The highest BCUT2D eigenvalue weighted by Crippen LogP contribution is 2.33. The smallest absolute Gasteiger partial charge is 0.265 e. The minimum atomic E-state index is -0.596. The summed E-state index contributed by atoms with van der Waals surface area (Å²) in [5.41, 5.74) is 3.01. The topological polar surface area (TPSA) is 38.3 Å². The van der Waals surface area contributed by atoms with Crippen LogP contribution in [0.1, 0.15) is 18.1 Å². The van der Waals surface area contributed by atoms with Gasteiger partial charge in [-0.15, -0.1) is 0 Å². The molecule has 0 heterocycles. The first-order valence-electron chi connectivity index (χ1n) is 8.89. The molecule has 0 aromatic heterocycles. The van der Waals surface area contributed by atoms with Gasteiger partial charge in [-0.3, -0.25) is 4.79 Å². The van der Waals surface area contributed by atoms with Crippen LogP contribution in [0.4, 0.5) is 5.69 Å². The average molecular weight is 378 g/mol. The van der Waals surface area contributed by atoms with Crippen molar-refractivity contribution in [3.05, 3.63) is 83.9 Å². The summed E-state index contributed by atoms with van der Waals surface area (Å²) < 4.78 is 5.85. The third-order valence-corrected chi connectivity index (χ3v) is 5.08. The Balaban J connectivity index is 1.70. The lowest BCUT2D eigenvalue weighted by Crippen LogP contribution is -2.30. The van der Waals surface area contributed by atoms with Gasteiger partial charge in [-0.1, -0.05) is 48.2 Å². The molecule has 0 saturated carbocycles. The van der Waals surface area contributed by atoms with E-state index < -0.39 is 6.10 Å². The molecule has 0 fully saturated rings. The highest BCUT2D eigenvalue weighted by molar-refractivity contribution is 7.99. The first-order valence-corrected chi connectivity index (χ1v) is 9.70. The molecule has 1 N–H and O–H groups in total. The second-order valence-corrected chi connectivity index (χ2v) is 7.60. The molecule has 3 aromatic rings. The number of anilines is 1. The Morgan fingerprint density at radius 1 is 0.926 bits per heavy atom. The van der Waals surface area contributed by atoms with Gasteiger partial charge in [-0.25, -0.2) is 0 Å². The summed E-state index contributed by atoms with van der Waals surface area (Å²) in [5, 5.41) is 3.00. The van der Waals surface area contributed by atoms with Gasteiger partial charge in [0.15, 0.2) is 6.10 Å². The maximum Gasteiger partial charge on any atom is 0.265 e. The van der Waals surface area contributed by atoms with Crippen LogP contribution < -0.4 is 10.1 Å². The zero-order valence-electron chi connectivity index (χ0n) is 15.7. The van der Waals surface area contributed by atoms with Crippen LogP contribution >= 0.6 is 11.8 Å². The number of carbonyl (C=O) groups is 1. The fraction of sp³-hybridized carbons (Fsp3) is 0.174. The Kier molecular flexibility index (Phi) is 6.20. The summed E-state index contributed by atoms with van der Waals surface area (Å²) in [7, 11) is 0. The normalized spacial score (nSPS) is 11.7. The van der Waals surface area contributed by atoms with Crippen molar-refractivity contribution in [2.24, 2.45) is 0 Å². The molecule has 0 unspecified atom stereocenters. The van der Waals surface area contributed by atoms with E-state index in [0.29, 0.717) is 5.75 Å². The van der Waals surface area contributed by atoms with Gasteiger partial charge < -0.3 is 10.1 Å². The fourth-order valence-corrected chi connectivity index (χ4v) is 3.69. The van der Waals surface area contributed by atoms with Crippen molar-refractivity contribution in [3.63, 3.8) is 0 Å². The summed E-state index contributed by atoms with van der Waals surface area (Å²) in [6, 6.07) is 23.9. The summed E-state index contributed by atoms with van der Waals surface area (Å²) in [6.45, 7) is 5.79. The number of ether oxygens (including phenoxy) is 1. The van der Waals surface area contributed by atoms with E-state index in [-0.39, 0.29) is 5.91 Å². The SMILES string of the molecule is Cc1cc(C)cc(O[C@@H](C)C(=O)Nc2ccccc2Sc2ccccc2)c1. The predicted octanol–water partition coefficient (Wildman–Crippen LogP) is 5.86. The molecule has 0 spiro atoms. The molecule has 1 atom stereocenters. The minimum Gasteiger partial charge on any atom is -0.481 e. The predicted molar refractivity (Wildman–Crippen MR) is 112 cm³/mol. The van der Waals surface area contributed by atoms with Crippen LogP contribution in [0.5, 0.6) is 5.75 Å². The number of hydrogen-bond donors (Lipinski definition) is 1. The first-order chi connectivity index (χ1) is 13.0. The molecule has 0 bridgehead atoms. The summed E-state index contributed by atoms with van der Waals surface area (Å²) >= 11 is 1.62. The van der Waals surface area contributed by atoms with Crippen molar-refractivity contribution in [2.45, 2.75) is 36.7 Å². The van der Waals surface area contributed by atoms with Crippen LogP contribution in [0.25, 0.3) is 0 Å². The van der Waals surface area contributed by atoms with Crippen molar-refractivity contribution in [2.75, 3.05) is 5.32 Å². The number of carbonyl (C=O) groups excluding carboxylic acids is 1. The Bertz CT molecular complexity index is 904. The van der Waals surface area contributed by atoms with Crippen LogP contribution in [-0.4, -0.2) is 12.0 Å². The number of amides is 1. The van der Waals surface area contributed by atoms with E-state index in [0.717, 1.165) is 26.6 Å². The number of rotatable bonds is 6. The molecule has 4 heteroatoms. The van der Waals surface area contributed by atoms with E-state index in [1.807, 2.05) is 68.4 Å². The van der Waals surface area contributed by atoms with Gasteiger partial charge in [0.1, 0.15) is 5.75 Å². The standard InChI is InChI=1S/C23H23NO2S/c1-16-13-17(2)15-19(14-16)26-18(3)23(25)24-21-11-7-8-12-22(21)27-20-9-5-4-6-10-20/h4-15,18H,1-3H3,(H,24,25)/t18-/m0/s1. The third-order valence-electron chi connectivity index (χ3n) is 3.99. The molecule has 0 aliphatic carbocycles. The van der Waals surface area contributed by atoms with Gasteiger partial charge in [0.25, 0.3) is 5.91 Å². The lowest BCUT2D eigenvalue weighted by Gasteiger charge is -2.17. The van der Waals surface area contributed by atoms with E-state index in [1.54, 1.807) is 18.7 Å². The van der Waals surface area contributed by atoms with Crippen molar-refractivity contribution in [1.82, 2.24) is 0 Å². The molecule has 1 amide bonds. The second kappa shape index (κ2) is 8.78. The van der Waals surface area contributed by atoms with E-state index >= 15 is 0 Å². The van der Waals surface area contributed by atoms with Crippen molar-refractivity contribution in [1.29, 1.82) is 0 Å². The van der Waals surface area contributed by atoms with Crippen LogP contribution in [0.15, 0.2) is 82.6 Å². The Hall–Kier alpha value is -2.72. The van der Waals surface area contributed by atoms with Gasteiger partial charge in [0, 0.05) is 9.79 Å². The Morgan fingerprint density at radius 3 is 2.26 bits per heavy atom. The van der Waals surface area contributed by atoms with Gasteiger partial charge in [-0.2, -0.15) is 0 Å². The molecule has 0 saturated heterocycles. The zero-order valence-corrected chi connectivity index (χ0v) is 16.5. The molecule has 3 rings (SSSR count). The number of aryl methyl sites for hydroxylation is 2. The maximum atomic E-state index is 12.6. The Morgan fingerprint density at radius 2 is 1.56 bits per heavy atom. The number of para-hydroxylation sites is 1. The van der Waals surface area contributed by atoms with E-state index in [2.05, 4.69) is 23.5 Å². The quantitative estimate of drug-likeness (QED) is 0.585. The molecule has 0 aliphatic heterocycles. The van der Waals surface area contributed by atoms with Crippen LogP contribution in [0.3, 0.4) is 0 Å². The molecule has 138 valence electrons. The molecular weight excluding hydrogens is 354 g/mol. The van der Waals surface area contributed by atoms with Crippen molar-refractivity contribution >= 4 is 23.4 Å². The Labute approximate surface area is 164 Å². The molecule has 0 aliphatic rings. The van der Waals surface area contributed by atoms with Crippen molar-refractivity contribution in [3.8, 4) is 5.75 Å². The van der Waals surface area contributed by atoms with E-state index in [4.69, 9.17) is 4.74 Å². The highest BCUT2D eigenvalue weighted by Gasteiger charge is 2.17. The molecule has 0 radical (unpaired) electrons. The summed E-state index contributed by atoms with van der Waals surface area (Å²) in [4.78, 5) is 14.8. The minimum absolute atomic E-state index is 0.171. The number of hydrogen-bond acceptors (Lipinski definition) is 3. The van der Waals surface area contributed by atoms with Gasteiger partial charge in [-0.05, 0) is 68.3 Å². The van der Waals surface area contributed by atoms with Crippen LogP contribution in [-0.2, 0) is 4.79 Å². The molecule has 27 heavy (non-hydrogen) atoms. The molecule has 3 nitrogen and oxygen atoms in total. The number of benzene rings is 3. The number of nitrogens with one attached hydrogen (secondary N) is 1. The second-order valence-electron chi connectivity index (χ2n) is 6.48. The van der Waals surface area contributed by atoms with Crippen LogP contribution in [0.2, 0.25) is 0 Å². The summed E-state index contributed by atoms with van der Waals surface area (Å²) in [5.74, 6) is 0.539. The lowest BCUT2D eigenvalue weighted by molar-refractivity contribution is -0.122. The lowest BCUT2D eigenvalue weighted by atomic mass is 10.1. The molecule has 3 aromatic carbocycles.